The van der Waals surface area contributed by atoms with Crippen molar-refractivity contribution < 1.29 is 9.90 Å². The second-order valence-electron chi connectivity index (χ2n) is 9.96. The van der Waals surface area contributed by atoms with Gasteiger partial charge in [-0.3, -0.25) is 0 Å². The molecular formula is C31H29ClN4O2. The number of aromatic nitrogens is 4. The first-order valence-electron chi connectivity index (χ1n) is 13.2. The number of carboxylic acids is 1. The summed E-state index contributed by atoms with van der Waals surface area (Å²) >= 11 is 6.79. The average molecular weight is 525 g/mol. The molecule has 0 unspecified atom stereocenters. The number of nitrogens with one attached hydrogen (secondary N) is 1. The number of H-pyrrole nitrogens is 1. The van der Waals surface area contributed by atoms with Gasteiger partial charge in [-0.1, -0.05) is 61.0 Å². The van der Waals surface area contributed by atoms with E-state index in [-0.39, 0.29) is 0 Å². The second-order valence-corrected chi connectivity index (χ2v) is 10.4. The van der Waals surface area contributed by atoms with Crippen molar-refractivity contribution in [2.24, 2.45) is 0 Å². The SMILES string of the molecule is CCCc1nc2c(Cl)cc(-c3nc4c([nH]3)CCCC4)cc2n1Cc1ccc(-c2ccccc2C(=O)O)cc1. The molecule has 2 aromatic heterocycles. The van der Waals surface area contributed by atoms with Gasteiger partial charge in [0.15, 0.2) is 0 Å². The monoisotopic (exact) mass is 524 g/mol. The van der Waals surface area contributed by atoms with E-state index in [0.717, 1.165) is 65.1 Å². The van der Waals surface area contributed by atoms with Crippen LogP contribution in [-0.2, 0) is 25.8 Å². The number of benzene rings is 3. The molecule has 6 rings (SSSR count). The largest absolute Gasteiger partial charge is 0.478 e. The predicted molar refractivity (Wildman–Crippen MR) is 151 cm³/mol. The summed E-state index contributed by atoms with van der Waals surface area (Å²) in [5.74, 6) is 0.941. The normalized spacial score (nSPS) is 13.1. The summed E-state index contributed by atoms with van der Waals surface area (Å²) < 4.78 is 2.25. The molecule has 0 aliphatic heterocycles. The number of aromatic carboxylic acids is 1. The van der Waals surface area contributed by atoms with Gasteiger partial charge < -0.3 is 14.7 Å². The van der Waals surface area contributed by atoms with E-state index in [1.54, 1.807) is 12.1 Å². The highest BCUT2D eigenvalue weighted by Gasteiger charge is 2.19. The number of carboxylic acid groups (broad SMARTS) is 1. The molecule has 1 aliphatic rings. The molecule has 2 N–H and O–H groups in total. The van der Waals surface area contributed by atoms with Gasteiger partial charge in [-0.05, 0) is 67.0 Å². The number of aromatic amines is 1. The zero-order valence-corrected chi connectivity index (χ0v) is 22.1. The standard InChI is InChI=1S/C31H29ClN4O2/c1-2-7-28-35-29-24(32)16-21(30-33-25-10-5-6-11-26(25)34-30)17-27(29)36(28)18-19-12-14-20(15-13-19)22-8-3-4-9-23(22)31(37)38/h3-4,8-9,12-17H,2,5-7,10-11,18H2,1H3,(H,33,34)(H,37,38). The fourth-order valence-electron chi connectivity index (χ4n) is 5.44. The van der Waals surface area contributed by atoms with Crippen LogP contribution >= 0.6 is 11.6 Å². The molecule has 0 bridgehead atoms. The zero-order chi connectivity index (χ0) is 26.2. The van der Waals surface area contributed by atoms with Gasteiger partial charge in [0.1, 0.15) is 17.2 Å². The van der Waals surface area contributed by atoms with Crippen LogP contribution in [0.2, 0.25) is 5.02 Å². The lowest BCUT2D eigenvalue weighted by molar-refractivity contribution is 0.0697. The van der Waals surface area contributed by atoms with Crippen molar-refractivity contribution in [1.29, 1.82) is 0 Å². The minimum absolute atomic E-state index is 0.299. The fraction of sp³-hybridized carbons (Fsp3) is 0.258. The van der Waals surface area contributed by atoms with E-state index >= 15 is 0 Å². The lowest BCUT2D eigenvalue weighted by Gasteiger charge is -2.11. The Balaban J connectivity index is 1.38. The number of fused-ring (bicyclic) bond motifs is 2. The molecule has 0 saturated heterocycles. The highest BCUT2D eigenvalue weighted by Crippen LogP contribution is 2.33. The number of hydrogen-bond donors (Lipinski definition) is 2. The number of aryl methyl sites for hydroxylation is 3. The van der Waals surface area contributed by atoms with E-state index in [1.807, 2.05) is 30.3 Å². The van der Waals surface area contributed by atoms with Gasteiger partial charge in [-0.15, -0.1) is 0 Å². The zero-order valence-electron chi connectivity index (χ0n) is 21.3. The maximum atomic E-state index is 11.7. The summed E-state index contributed by atoms with van der Waals surface area (Å²) in [4.78, 5) is 25.0. The van der Waals surface area contributed by atoms with Crippen molar-refractivity contribution in [3.63, 3.8) is 0 Å². The van der Waals surface area contributed by atoms with E-state index in [0.29, 0.717) is 22.7 Å². The summed E-state index contributed by atoms with van der Waals surface area (Å²) in [6.07, 6.45) is 6.27. The molecule has 3 aromatic carbocycles. The number of halogens is 1. The fourth-order valence-corrected chi connectivity index (χ4v) is 5.70. The van der Waals surface area contributed by atoms with Crippen molar-refractivity contribution >= 4 is 28.6 Å². The highest BCUT2D eigenvalue weighted by atomic mass is 35.5. The van der Waals surface area contributed by atoms with E-state index in [4.69, 9.17) is 21.6 Å². The van der Waals surface area contributed by atoms with Crippen LogP contribution in [0, 0.1) is 0 Å². The summed E-state index contributed by atoms with van der Waals surface area (Å²) in [5, 5.41) is 10.2. The van der Waals surface area contributed by atoms with E-state index in [9.17, 15) is 9.90 Å². The molecular weight excluding hydrogens is 496 g/mol. The van der Waals surface area contributed by atoms with Crippen molar-refractivity contribution in [2.75, 3.05) is 0 Å². The first kappa shape index (κ1) is 24.4. The lowest BCUT2D eigenvalue weighted by Crippen LogP contribution is -2.05. The summed E-state index contributed by atoms with van der Waals surface area (Å²) in [7, 11) is 0. The van der Waals surface area contributed by atoms with Crippen LogP contribution in [0.25, 0.3) is 33.5 Å². The molecule has 0 fully saturated rings. The lowest BCUT2D eigenvalue weighted by atomic mass is 9.99. The molecule has 1 aliphatic carbocycles. The Morgan fingerprint density at radius 2 is 1.82 bits per heavy atom. The van der Waals surface area contributed by atoms with Crippen molar-refractivity contribution in [3.05, 3.63) is 94.0 Å². The molecule has 192 valence electrons. The Bertz CT molecular complexity index is 1630. The highest BCUT2D eigenvalue weighted by molar-refractivity contribution is 6.35. The molecule has 0 radical (unpaired) electrons. The minimum atomic E-state index is -0.927. The summed E-state index contributed by atoms with van der Waals surface area (Å²) in [6.45, 7) is 2.79. The van der Waals surface area contributed by atoms with Crippen LogP contribution < -0.4 is 0 Å². The topological polar surface area (TPSA) is 83.8 Å². The number of rotatable bonds is 7. The molecule has 2 heterocycles. The van der Waals surface area contributed by atoms with Crippen LogP contribution in [0.3, 0.4) is 0 Å². The van der Waals surface area contributed by atoms with Gasteiger partial charge >= 0.3 is 5.97 Å². The molecule has 6 nitrogen and oxygen atoms in total. The Morgan fingerprint density at radius 1 is 1.03 bits per heavy atom. The van der Waals surface area contributed by atoms with E-state index in [1.165, 1.54) is 24.2 Å². The number of imidazole rings is 2. The van der Waals surface area contributed by atoms with Crippen LogP contribution in [0.1, 0.15) is 59.3 Å². The van der Waals surface area contributed by atoms with E-state index < -0.39 is 5.97 Å². The first-order chi connectivity index (χ1) is 18.5. The van der Waals surface area contributed by atoms with Crippen LogP contribution in [0.5, 0.6) is 0 Å². The van der Waals surface area contributed by atoms with Gasteiger partial charge in [0, 0.05) is 24.2 Å². The van der Waals surface area contributed by atoms with Crippen LogP contribution in [0.15, 0.2) is 60.7 Å². The van der Waals surface area contributed by atoms with E-state index in [2.05, 4.69) is 34.7 Å². The average Bonchev–Trinajstić information content (AvgIpc) is 3.51. The number of hydrogen-bond acceptors (Lipinski definition) is 3. The van der Waals surface area contributed by atoms with Gasteiger partial charge in [0.05, 0.1) is 21.8 Å². The smallest absolute Gasteiger partial charge is 0.336 e. The quantitative estimate of drug-likeness (QED) is 0.233. The molecule has 0 atom stereocenters. The van der Waals surface area contributed by atoms with Crippen LogP contribution in [0.4, 0.5) is 0 Å². The first-order valence-corrected chi connectivity index (χ1v) is 13.6. The molecule has 7 heteroatoms. The van der Waals surface area contributed by atoms with Crippen molar-refractivity contribution in [3.8, 4) is 22.5 Å². The maximum absolute atomic E-state index is 11.7. The van der Waals surface area contributed by atoms with Gasteiger partial charge in [-0.2, -0.15) is 0 Å². The Morgan fingerprint density at radius 3 is 2.58 bits per heavy atom. The maximum Gasteiger partial charge on any atom is 0.336 e. The molecule has 38 heavy (non-hydrogen) atoms. The Labute approximate surface area is 226 Å². The molecule has 5 aromatic rings. The van der Waals surface area contributed by atoms with Gasteiger partial charge in [0.25, 0.3) is 0 Å². The third-order valence-corrected chi connectivity index (χ3v) is 7.64. The Hall–Kier alpha value is -3.90. The summed E-state index contributed by atoms with van der Waals surface area (Å²) in [5.41, 5.74) is 8.18. The van der Waals surface area contributed by atoms with Crippen LogP contribution in [-0.4, -0.2) is 30.6 Å². The predicted octanol–water partition coefficient (Wildman–Crippen LogP) is 7.32. The van der Waals surface area contributed by atoms with Crippen molar-refractivity contribution in [2.45, 2.75) is 52.0 Å². The minimum Gasteiger partial charge on any atom is -0.478 e. The molecule has 0 amide bonds. The number of carbonyl (C=O) groups is 1. The number of nitrogens with zero attached hydrogens (tertiary/aromatic N) is 3. The molecule has 0 spiro atoms. The third kappa shape index (κ3) is 4.50. The second kappa shape index (κ2) is 10.1. The summed E-state index contributed by atoms with van der Waals surface area (Å²) in [6, 6.07) is 19.3. The Kier molecular flexibility index (Phi) is 6.50. The van der Waals surface area contributed by atoms with Crippen molar-refractivity contribution in [1.82, 2.24) is 19.5 Å². The molecule has 0 saturated carbocycles. The third-order valence-electron chi connectivity index (χ3n) is 7.35. The van der Waals surface area contributed by atoms with Gasteiger partial charge in [-0.25, -0.2) is 14.8 Å². The van der Waals surface area contributed by atoms with Gasteiger partial charge in [0.2, 0.25) is 0 Å².